The summed E-state index contributed by atoms with van der Waals surface area (Å²) in [6.07, 6.45) is -1.20. The van der Waals surface area contributed by atoms with Crippen LogP contribution in [0.2, 0.25) is 0 Å². The smallest absolute Gasteiger partial charge is 0.407 e. The van der Waals surface area contributed by atoms with E-state index < -0.39 is 24.3 Å². The number of amides is 2. The monoisotopic (exact) mass is 444 g/mol. The van der Waals surface area contributed by atoms with Crippen molar-refractivity contribution >= 4 is 12.2 Å². The lowest BCUT2D eigenvalue weighted by Crippen LogP contribution is -2.56. The fourth-order valence-corrected chi connectivity index (χ4v) is 2.92. The van der Waals surface area contributed by atoms with Crippen LogP contribution in [0.1, 0.15) is 25.0 Å². The Labute approximate surface area is 189 Å². The van der Waals surface area contributed by atoms with E-state index in [2.05, 4.69) is 10.6 Å². The van der Waals surface area contributed by atoms with Crippen LogP contribution in [-0.2, 0) is 32.2 Å². The van der Waals surface area contributed by atoms with Crippen molar-refractivity contribution < 1.29 is 28.5 Å². The number of alkyl carbamates (subject to hydrolysis) is 2. The van der Waals surface area contributed by atoms with E-state index in [0.717, 1.165) is 11.1 Å². The van der Waals surface area contributed by atoms with Gasteiger partial charge in [0.1, 0.15) is 0 Å². The van der Waals surface area contributed by atoms with Crippen molar-refractivity contribution in [3.63, 3.8) is 0 Å². The van der Waals surface area contributed by atoms with Gasteiger partial charge in [0.2, 0.25) is 0 Å². The molecule has 0 bridgehead atoms. The molecule has 0 aliphatic rings. The maximum Gasteiger partial charge on any atom is 0.407 e. The molecule has 2 amide bonds. The third kappa shape index (κ3) is 9.80. The molecule has 0 spiro atoms. The Kier molecular flexibility index (Phi) is 11.7. The quantitative estimate of drug-likeness (QED) is 0.490. The predicted octanol–water partition coefficient (Wildman–Crippen LogP) is 3.65. The Morgan fingerprint density at radius 2 is 1.06 bits per heavy atom. The molecule has 0 radical (unpaired) electrons. The summed E-state index contributed by atoms with van der Waals surface area (Å²) in [6.45, 7) is 4.89. The van der Waals surface area contributed by atoms with Crippen molar-refractivity contribution in [2.24, 2.45) is 0 Å². The molecule has 0 saturated heterocycles. The average Bonchev–Trinajstić information content (AvgIpc) is 2.79. The summed E-state index contributed by atoms with van der Waals surface area (Å²) in [5, 5.41) is 5.53. The summed E-state index contributed by atoms with van der Waals surface area (Å²) in [7, 11) is 0. The van der Waals surface area contributed by atoms with Crippen molar-refractivity contribution in [2.75, 3.05) is 26.4 Å². The first-order valence-electron chi connectivity index (χ1n) is 10.7. The lowest BCUT2D eigenvalue weighted by atomic mass is 10.1. The van der Waals surface area contributed by atoms with E-state index in [-0.39, 0.29) is 26.4 Å². The van der Waals surface area contributed by atoms with Crippen molar-refractivity contribution in [3.8, 4) is 0 Å². The molecular formula is C24H32N2O6. The highest BCUT2D eigenvalue weighted by Gasteiger charge is 2.27. The fraction of sp³-hybridized carbons (Fsp3) is 0.417. The van der Waals surface area contributed by atoms with E-state index in [1.54, 1.807) is 13.8 Å². The minimum atomic E-state index is -0.599. The highest BCUT2D eigenvalue weighted by Crippen LogP contribution is 2.06. The van der Waals surface area contributed by atoms with Crippen LogP contribution in [0.4, 0.5) is 9.59 Å². The van der Waals surface area contributed by atoms with E-state index in [1.165, 1.54) is 0 Å². The van der Waals surface area contributed by atoms with Crippen LogP contribution in [-0.4, -0.2) is 50.7 Å². The topological polar surface area (TPSA) is 95.1 Å². The maximum atomic E-state index is 12.1. The standard InChI is InChI=1S/C24H32N2O6/c1-3-31-23(27)25-21(17-29-15-19-11-7-5-8-12-19)22(26-24(28)32-4-2)18-30-16-20-13-9-6-10-14-20/h5-14,21-22H,3-4,15-18H2,1-2H3,(H,25,27)(H,26,28). The van der Waals surface area contributed by atoms with Gasteiger partial charge in [-0.1, -0.05) is 60.7 Å². The summed E-state index contributed by atoms with van der Waals surface area (Å²) in [5.74, 6) is 0. The lowest BCUT2D eigenvalue weighted by molar-refractivity contribution is 0.0454. The van der Waals surface area contributed by atoms with Gasteiger partial charge in [-0.25, -0.2) is 9.59 Å². The van der Waals surface area contributed by atoms with Gasteiger partial charge in [0, 0.05) is 0 Å². The van der Waals surface area contributed by atoms with E-state index >= 15 is 0 Å². The number of hydrogen-bond acceptors (Lipinski definition) is 6. The lowest BCUT2D eigenvalue weighted by Gasteiger charge is -2.28. The summed E-state index contributed by atoms with van der Waals surface area (Å²) in [5.41, 5.74) is 2.00. The summed E-state index contributed by atoms with van der Waals surface area (Å²) in [4.78, 5) is 24.2. The zero-order valence-corrected chi connectivity index (χ0v) is 18.6. The summed E-state index contributed by atoms with van der Waals surface area (Å²) < 4.78 is 21.7. The highest BCUT2D eigenvalue weighted by atomic mass is 16.6. The van der Waals surface area contributed by atoms with Crippen LogP contribution in [0.3, 0.4) is 0 Å². The first kappa shape index (κ1) is 25.2. The second kappa shape index (κ2) is 14.8. The molecule has 0 aromatic heterocycles. The molecule has 2 aromatic carbocycles. The van der Waals surface area contributed by atoms with Gasteiger partial charge in [-0.05, 0) is 25.0 Å². The molecule has 8 nitrogen and oxygen atoms in total. The largest absolute Gasteiger partial charge is 0.450 e. The Bertz CT molecular complexity index is 720. The van der Waals surface area contributed by atoms with Crippen LogP contribution in [0.25, 0.3) is 0 Å². The molecule has 0 aliphatic carbocycles. The predicted molar refractivity (Wildman–Crippen MR) is 120 cm³/mol. The van der Waals surface area contributed by atoms with Gasteiger partial charge in [0.25, 0.3) is 0 Å². The summed E-state index contributed by atoms with van der Waals surface area (Å²) in [6, 6.07) is 18.2. The SMILES string of the molecule is CCOC(=O)NC(COCc1ccccc1)C(COCc1ccccc1)NC(=O)OCC. The maximum absolute atomic E-state index is 12.1. The summed E-state index contributed by atoms with van der Waals surface area (Å²) >= 11 is 0. The molecule has 2 unspecified atom stereocenters. The number of benzene rings is 2. The number of ether oxygens (including phenoxy) is 4. The molecule has 0 heterocycles. The molecule has 174 valence electrons. The Morgan fingerprint density at radius 1 is 0.688 bits per heavy atom. The van der Waals surface area contributed by atoms with Crippen LogP contribution >= 0.6 is 0 Å². The van der Waals surface area contributed by atoms with Gasteiger partial charge in [0.05, 0.1) is 51.7 Å². The molecule has 2 aromatic rings. The van der Waals surface area contributed by atoms with Gasteiger partial charge in [-0.2, -0.15) is 0 Å². The van der Waals surface area contributed by atoms with Crippen LogP contribution < -0.4 is 10.6 Å². The van der Waals surface area contributed by atoms with Crippen LogP contribution in [0.5, 0.6) is 0 Å². The van der Waals surface area contributed by atoms with Gasteiger partial charge in [-0.3, -0.25) is 0 Å². The first-order valence-corrected chi connectivity index (χ1v) is 10.7. The second-order valence-corrected chi connectivity index (χ2v) is 6.94. The molecule has 2 rings (SSSR count). The molecule has 32 heavy (non-hydrogen) atoms. The van der Waals surface area contributed by atoms with E-state index in [1.807, 2.05) is 60.7 Å². The Hall–Kier alpha value is -3.10. The van der Waals surface area contributed by atoms with E-state index in [9.17, 15) is 9.59 Å². The van der Waals surface area contributed by atoms with E-state index in [0.29, 0.717) is 13.2 Å². The molecule has 0 saturated carbocycles. The molecular weight excluding hydrogens is 412 g/mol. The van der Waals surface area contributed by atoms with Crippen molar-refractivity contribution in [3.05, 3.63) is 71.8 Å². The van der Waals surface area contributed by atoms with E-state index in [4.69, 9.17) is 18.9 Å². The number of carbonyl (C=O) groups excluding carboxylic acids is 2. The Morgan fingerprint density at radius 3 is 1.41 bits per heavy atom. The van der Waals surface area contributed by atoms with Crippen LogP contribution in [0.15, 0.2) is 60.7 Å². The molecule has 8 heteroatoms. The minimum Gasteiger partial charge on any atom is -0.450 e. The number of rotatable bonds is 13. The van der Waals surface area contributed by atoms with Crippen molar-refractivity contribution in [1.82, 2.24) is 10.6 Å². The zero-order chi connectivity index (χ0) is 23.0. The molecule has 2 N–H and O–H groups in total. The van der Waals surface area contributed by atoms with Gasteiger partial charge in [0.15, 0.2) is 0 Å². The van der Waals surface area contributed by atoms with Gasteiger partial charge in [-0.15, -0.1) is 0 Å². The average molecular weight is 445 g/mol. The Balaban J connectivity index is 2.04. The highest BCUT2D eigenvalue weighted by molar-refractivity contribution is 5.69. The van der Waals surface area contributed by atoms with Crippen LogP contribution in [0, 0.1) is 0 Å². The number of nitrogens with one attached hydrogen (secondary N) is 2. The normalized spacial score (nSPS) is 12.4. The first-order chi connectivity index (χ1) is 15.6. The molecule has 2 atom stereocenters. The third-order valence-electron chi connectivity index (χ3n) is 4.46. The third-order valence-corrected chi connectivity index (χ3v) is 4.46. The van der Waals surface area contributed by atoms with Crippen molar-refractivity contribution in [2.45, 2.75) is 39.1 Å². The zero-order valence-electron chi connectivity index (χ0n) is 18.6. The van der Waals surface area contributed by atoms with Gasteiger partial charge >= 0.3 is 12.2 Å². The minimum absolute atomic E-state index is 0.138. The second-order valence-electron chi connectivity index (χ2n) is 6.94. The van der Waals surface area contributed by atoms with Crippen molar-refractivity contribution in [1.29, 1.82) is 0 Å². The molecule has 0 aliphatic heterocycles. The number of hydrogen-bond donors (Lipinski definition) is 2. The molecule has 0 fully saturated rings. The van der Waals surface area contributed by atoms with Gasteiger partial charge < -0.3 is 29.6 Å². The fourth-order valence-electron chi connectivity index (χ4n) is 2.92. The number of carbonyl (C=O) groups is 2.